The van der Waals surface area contributed by atoms with Gasteiger partial charge in [0.15, 0.2) is 0 Å². The molecule has 0 aromatic heterocycles. The summed E-state index contributed by atoms with van der Waals surface area (Å²) in [6.45, 7) is 2.32. The first-order chi connectivity index (χ1) is 10.6. The summed E-state index contributed by atoms with van der Waals surface area (Å²) in [5, 5.41) is 3.68. The maximum absolute atomic E-state index is 12.6. The molecule has 5 rings (SSSR count). The van der Waals surface area contributed by atoms with E-state index in [1.165, 1.54) is 38.5 Å². The molecule has 2 saturated heterocycles. The van der Waals surface area contributed by atoms with Crippen molar-refractivity contribution in [3.63, 3.8) is 0 Å². The van der Waals surface area contributed by atoms with Crippen molar-refractivity contribution in [2.24, 2.45) is 17.8 Å². The van der Waals surface area contributed by atoms with E-state index >= 15 is 0 Å². The first-order valence-electron chi connectivity index (χ1n) is 9.34. The number of amides is 2. The van der Waals surface area contributed by atoms with Crippen molar-refractivity contribution < 1.29 is 4.79 Å². The number of halogens is 1. The summed E-state index contributed by atoms with van der Waals surface area (Å²) < 4.78 is 0. The van der Waals surface area contributed by atoms with E-state index in [-0.39, 0.29) is 6.03 Å². The number of carbonyl (C=O) groups is 1. The van der Waals surface area contributed by atoms with Crippen molar-refractivity contribution >= 4 is 17.6 Å². The van der Waals surface area contributed by atoms with Gasteiger partial charge in [0.1, 0.15) is 0 Å². The number of nitrogens with one attached hydrogen (secondary N) is 1. The molecule has 2 bridgehead atoms. The minimum atomic E-state index is 0.207. The van der Waals surface area contributed by atoms with Crippen LogP contribution in [-0.4, -0.2) is 34.4 Å². The van der Waals surface area contributed by atoms with Gasteiger partial charge in [0.05, 0.1) is 0 Å². The Morgan fingerprint density at radius 2 is 1.77 bits per heavy atom. The Labute approximate surface area is 139 Å². The van der Waals surface area contributed by atoms with Crippen LogP contribution < -0.4 is 5.32 Å². The van der Waals surface area contributed by atoms with Crippen LogP contribution in [0.3, 0.4) is 0 Å². The fourth-order valence-electron chi connectivity index (χ4n) is 5.38. The molecule has 2 amide bonds. The third-order valence-electron chi connectivity index (χ3n) is 6.81. The van der Waals surface area contributed by atoms with Crippen LogP contribution in [0.2, 0.25) is 0 Å². The Morgan fingerprint density at radius 1 is 1.05 bits per heavy atom. The Bertz CT molecular complexity index is 425. The van der Waals surface area contributed by atoms with Crippen molar-refractivity contribution in [3.8, 4) is 0 Å². The Hall–Kier alpha value is -0.440. The molecule has 0 radical (unpaired) electrons. The molecule has 2 aliphatic heterocycles. The molecule has 124 valence electrons. The van der Waals surface area contributed by atoms with Gasteiger partial charge in [0.2, 0.25) is 0 Å². The highest BCUT2D eigenvalue weighted by atomic mass is 35.5. The molecule has 5 aliphatic rings. The summed E-state index contributed by atoms with van der Waals surface area (Å²) in [6.07, 6.45) is 10.9. The zero-order valence-electron chi connectivity index (χ0n) is 13.6. The van der Waals surface area contributed by atoms with Gasteiger partial charge in [-0.1, -0.05) is 26.2 Å². The molecule has 5 unspecified atom stereocenters. The summed E-state index contributed by atoms with van der Waals surface area (Å²) >= 11 is 6.56. The third kappa shape index (κ3) is 2.64. The lowest BCUT2D eigenvalue weighted by Crippen LogP contribution is -2.65. The standard InChI is InChI=1S/C18H29ClN2O/c1-11-7-14-10-15(8-11)21(14)18(22)20-13-5-6-17(19)16(9-13)12-3-2-4-12/h11-17H,2-10H2,1H3,(H,20,22). The molecular weight excluding hydrogens is 296 g/mol. The molecule has 22 heavy (non-hydrogen) atoms. The molecule has 2 heterocycles. The summed E-state index contributed by atoms with van der Waals surface area (Å²) in [4.78, 5) is 14.8. The summed E-state index contributed by atoms with van der Waals surface area (Å²) in [7, 11) is 0. The molecule has 5 fully saturated rings. The quantitative estimate of drug-likeness (QED) is 0.760. The van der Waals surface area contributed by atoms with Crippen molar-refractivity contribution in [3.05, 3.63) is 0 Å². The van der Waals surface area contributed by atoms with E-state index in [2.05, 4.69) is 17.1 Å². The van der Waals surface area contributed by atoms with Crippen LogP contribution in [0.5, 0.6) is 0 Å². The Balaban J connectivity index is 1.32. The van der Waals surface area contributed by atoms with Crippen LogP contribution in [0.4, 0.5) is 4.79 Å². The second-order valence-corrected chi connectivity index (χ2v) is 8.92. The smallest absolute Gasteiger partial charge is 0.318 e. The summed E-state index contributed by atoms with van der Waals surface area (Å²) in [5.41, 5.74) is 0. The van der Waals surface area contributed by atoms with Gasteiger partial charge in [-0.05, 0) is 56.3 Å². The normalized spacial score (nSPS) is 44.9. The minimum Gasteiger partial charge on any atom is -0.335 e. The van der Waals surface area contributed by atoms with Crippen molar-refractivity contribution in [1.29, 1.82) is 0 Å². The lowest BCUT2D eigenvalue weighted by Gasteiger charge is -2.55. The SMILES string of the molecule is CC1CC2CC(C1)N2C(=O)NC1CCC(Cl)C(C2CCC2)C1. The predicted octanol–water partition coefficient (Wildman–Crippen LogP) is 4.15. The van der Waals surface area contributed by atoms with E-state index < -0.39 is 0 Å². The molecule has 0 aromatic rings. The maximum atomic E-state index is 12.6. The van der Waals surface area contributed by atoms with Crippen molar-refractivity contribution in [2.45, 2.75) is 88.2 Å². The molecule has 0 aromatic carbocycles. The van der Waals surface area contributed by atoms with Gasteiger partial charge in [-0.2, -0.15) is 0 Å². The molecule has 1 N–H and O–H groups in total. The number of piperidine rings is 1. The highest BCUT2D eigenvalue weighted by molar-refractivity contribution is 6.20. The van der Waals surface area contributed by atoms with Gasteiger partial charge in [0, 0.05) is 23.5 Å². The van der Waals surface area contributed by atoms with E-state index in [4.69, 9.17) is 11.6 Å². The number of alkyl halides is 1. The van der Waals surface area contributed by atoms with Crippen LogP contribution >= 0.6 is 11.6 Å². The summed E-state index contributed by atoms with van der Waals surface area (Å²) in [5.74, 6) is 2.25. The maximum Gasteiger partial charge on any atom is 0.318 e. The van der Waals surface area contributed by atoms with E-state index in [0.29, 0.717) is 29.4 Å². The fourth-order valence-corrected chi connectivity index (χ4v) is 5.82. The minimum absolute atomic E-state index is 0.207. The number of nitrogens with zero attached hydrogens (tertiary/aromatic N) is 1. The number of hydrogen-bond acceptors (Lipinski definition) is 1. The highest BCUT2D eigenvalue weighted by Crippen LogP contribution is 2.44. The molecule has 3 saturated carbocycles. The van der Waals surface area contributed by atoms with E-state index in [9.17, 15) is 4.79 Å². The van der Waals surface area contributed by atoms with Crippen LogP contribution in [0.25, 0.3) is 0 Å². The molecule has 3 aliphatic carbocycles. The lowest BCUT2D eigenvalue weighted by molar-refractivity contribution is -0.0130. The second kappa shape index (κ2) is 5.89. The Kier molecular flexibility index (Phi) is 4.04. The monoisotopic (exact) mass is 324 g/mol. The topological polar surface area (TPSA) is 32.3 Å². The van der Waals surface area contributed by atoms with Gasteiger partial charge in [-0.25, -0.2) is 4.79 Å². The third-order valence-corrected chi connectivity index (χ3v) is 7.35. The predicted molar refractivity (Wildman–Crippen MR) is 89.1 cm³/mol. The van der Waals surface area contributed by atoms with Gasteiger partial charge in [-0.15, -0.1) is 11.6 Å². The fraction of sp³-hybridized carbons (Fsp3) is 0.944. The second-order valence-electron chi connectivity index (χ2n) is 8.36. The average Bonchev–Trinajstić information content (AvgIpc) is 2.40. The number of hydrogen-bond donors (Lipinski definition) is 1. The van der Waals surface area contributed by atoms with Crippen molar-refractivity contribution in [1.82, 2.24) is 10.2 Å². The van der Waals surface area contributed by atoms with E-state index in [1.54, 1.807) is 0 Å². The van der Waals surface area contributed by atoms with Crippen LogP contribution in [0.1, 0.15) is 64.7 Å². The zero-order chi connectivity index (χ0) is 15.3. The number of carbonyl (C=O) groups excluding carboxylic acids is 1. The first-order valence-corrected chi connectivity index (χ1v) is 9.78. The average molecular weight is 325 g/mol. The van der Waals surface area contributed by atoms with Gasteiger partial charge < -0.3 is 10.2 Å². The summed E-state index contributed by atoms with van der Waals surface area (Å²) in [6, 6.07) is 1.59. The highest BCUT2D eigenvalue weighted by Gasteiger charge is 2.47. The number of fused-ring (bicyclic) bond motifs is 2. The zero-order valence-corrected chi connectivity index (χ0v) is 14.4. The number of urea groups is 1. The van der Waals surface area contributed by atoms with Crippen LogP contribution in [0, 0.1) is 17.8 Å². The van der Waals surface area contributed by atoms with Gasteiger partial charge >= 0.3 is 6.03 Å². The Morgan fingerprint density at radius 3 is 2.41 bits per heavy atom. The van der Waals surface area contributed by atoms with Gasteiger partial charge in [0.25, 0.3) is 0 Å². The van der Waals surface area contributed by atoms with E-state index in [0.717, 1.165) is 31.1 Å². The molecule has 3 nitrogen and oxygen atoms in total. The molecule has 0 spiro atoms. The van der Waals surface area contributed by atoms with Crippen LogP contribution in [-0.2, 0) is 0 Å². The lowest BCUT2D eigenvalue weighted by atomic mass is 9.69. The first kappa shape index (κ1) is 15.1. The van der Waals surface area contributed by atoms with Crippen LogP contribution in [0.15, 0.2) is 0 Å². The van der Waals surface area contributed by atoms with E-state index in [1.807, 2.05) is 0 Å². The largest absolute Gasteiger partial charge is 0.335 e. The van der Waals surface area contributed by atoms with Crippen molar-refractivity contribution in [2.75, 3.05) is 0 Å². The molecule has 4 heteroatoms. The van der Waals surface area contributed by atoms with Gasteiger partial charge in [-0.3, -0.25) is 0 Å². The number of rotatable bonds is 2. The molecular formula is C18H29ClN2O. The molecule has 5 atom stereocenters.